The maximum atomic E-state index is 13.4. The Morgan fingerprint density at radius 1 is 1.17 bits per heavy atom. The summed E-state index contributed by atoms with van der Waals surface area (Å²) in [5.74, 6) is -1.07. The van der Waals surface area contributed by atoms with Crippen molar-refractivity contribution in [1.82, 2.24) is 4.31 Å². The van der Waals surface area contributed by atoms with E-state index >= 15 is 0 Å². The molecule has 0 fully saturated rings. The fourth-order valence-electron chi connectivity index (χ4n) is 2.32. The monoisotopic (exact) mass is 352 g/mol. The third-order valence-electron chi connectivity index (χ3n) is 3.71. The van der Waals surface area contributed by atoms with Crippen molar-refractivity contribution in [1.29, 1.82) is 0 Å². The first kappa shape index (κ1) is 18.0. The summed E-state index contributed by atoms with van der Waals surface area (Å²) >= 11 is 0. The van der Waals surface area contributed by atoms with Gasteiger partial charge in [-0.05, 0) is 37.1 Å². The van der Waals surface area contributed by atoms with Crippen molar-refractivity contribution in [2.24, 2.45) is 0 Å². The molecule has 0 radical (unpaired) electrons. The van der Waals surface area contributed by atoms with Crippen molar-refractivity contribution >= 4 is 15.7 Å². The zero-order chi connectivity index (χ0) is 18.1. The van der Waals surface area contributed by atoms with Gasteiger partial charge in [0.15, 0.2) is 0 Å². The van der Waals surface area contributed by atoms with Gasteiger partial charge in [-0.1, -0.05) is 23.8 Å². The van der Waals surface area contributed by atoms with E-state index in [-0.39, 0.29) is 11.4 Å². The maximum Gasteiger partial charge on any atom is 0.306 e. The summed E-state index contributed by atoms with van der Waals surface area (Å²) in [4.78, 5) is 9.53. The second kappa shape index (κ2) is 6.66. The highest BCUT2D eigenvalue weighted by Crippen LogP contribution is 2.24. The lowest BCUT2D eigenvalue weighted by molar-refractivity contribution is -0.387. The largest absolute Gasteiger partial charge is 0.306 e. The molecule has 0 heterocycles. The van der Waals surface area contributed by atoms with Crippen LogP contribution in [0, 0.1) is 29.8 Å². The molecule has 0 spiro atoms. The predicted octanol–water partition coefficient (Wildman–Crippen LogP) is 3.17. The van der Waals surface area contributed by atoms with Crippen molar-refractivity contribution in [3.63, 3.8) is 0 Å². The number of rotatable bonds is 5. The average molecular weight is 352 g/mol. The fourth-order valence-corrected chi connectivity index (χ4v) is 3.49. The van der Waals surface area contributed by atoms with Crippen LogP contribution in [0.5, 0.6) is 0 Å². The Labute approximate surface area is 139 Å². The Bertz CT molecular complexity index is 897. The number of aryl methyl sites for hydroxylation is 2. The number of halogens is 1. The number of hydrogen-bond donors (Lipinski definition) is 0. The maximum absolute atomic E-state index is 13.4. The fraction of sp³-hybridized carbons (Fsp3) is 0.250. The summed E-state index contributed by atoms with van der Waals surface area (Å²) in [6.07, 6.45) is 0. The highest BCUT2D eigenvalue weighted by Gasteiger charge is 2.25. The van der Waals surface area contributed by atoms with Crippen LogP contribution in [-0.2, 0) is 16.6 Å². The lowest BCUT2D eigenvalue weighted by atomic mass is 10.1. The number of hydrogen-bond acceptors (Lipinski definition) is 4. The second-order valence-electron chi connectivity index (χ2n) is 5.56. The number of nitrogens with zero attached hydrogens (tertiary/aromatic N) is 2. The molecule has 2 rings (SSSR count). The minimum absolute atomic E-state index is 0.111. The number of nitro groups is 1. The highest BCUT2D eigenvalue weighted by atomic mass is 32.2. The van der Waals surface area contributed by atoms with E-state index in [9.17, 15) is 22.9 Å². The predicted molar refractivity (Wildman–Crippen MR) is 87.6 cm³/mol. The standard InChI is InChI=1S/C16H17FN2O4S/c1-11-4-5-13(12(2)8-11)10-18(3)24(22,23)14-6-7-15(17)16(9-14)19(20)21/h4-9H,10H2,1-3H3. The van der Waals surface area contributed by atoms with Gasteiger partial charge in [0.05, 0.1) is 9.82 Å². The van der Waals surface area contributed by atoms with Crippen molar-refractivity contribution in [3.05, 3.63) is 69.0 Å². The zero-order valence-electron chi connectivity index (χ0n) is 13.5. The van der Waals surface area contributed by atoms with Gasteiger partial charge in [-0.15, -0.1) is 0 Å². The molecule has 8 heteroatoms. The molecule has 2 aromatic carbocycles. The average Bonchev–Trinajstić information content (AvgIpc) is 2.49. The van der Waals surface area contributed by atoms with Crippen molar-refractivity contribution in [2.45, 2.75) is 25.3 Å². The molecule has 0 aromatic heterocycles. The second-order valence-corrected chi connectivity index (χ2v) is 7.61. The summed E-state index contributed by atoms with van der Waals surface area (Å²) < 4.78 is 39.6. The molecule has 6 nitrogen and oxygen atoms in total. The van der Waals surface area contributed by atoms with Crippen LogP contribution >= 0.6 is 0 Å². The first-order chi connectivity index (χ1) is 11.1. The molecule has 24 heavy (non-hydrogen) atoms. The van der Waals surface area contributed by atoms with Gasteiger partial charge in [-0.25, -0.2) is 8.42 Å². The minimum Gasteiger partial charge on any atom is -0.258 e. The Morgan fingerprint density at radius 3 is 2.42 bits per heavy atom. The van der Waals surface area contributed by atoms with Crippen LogP contribution in [0.15, 0.2) is 41.3 Å². The third kappa shape index (κ3) is 3.60. The van der Waals surface area contributed by atoms with Crippen LogP contribution in [-0.4, -0.2) is 24.7 Å². The Kier molecular flexibility index (Phi) is 5.00. The molecule has 0 aliphatic heterocycles. The van der Waals surface area contributed by atoms with Gasteiger partial charge in [0, 0.05) is 19.7 Å². The normalized spacial score (nSPS) is 11.7. The van der Waals surface area contributed by atoms with E-state index in [1.165, 1.54) is 7.05 Å². The van der Waals surface area contributed by atoms with Gasteiger partial charge in [-0.3, -0.25) is 10.1 Å². The molecular weight excluding hydrogens is 335 g/mol. The van der Waals surface area contributed by atoms with E-state index in [4.69, 9.17) is 0 Å². The third-order valence-corrected chi connectivity index (χ3v) is 5.51. The SMILES string of the molecule is Cc1ccc(CN(C)S(=O)(=O)c2ccc(F)c([N+](=O)[O-])c2)c(C)c1. The van der Waals surface area contributed by atoms with Gasteiger partial charge in [-0.2, -0.15) is 8.70 Å². The van der Waals surface area contributed by atoms with Crippen LogP contribution in [0.4, 0.5) is 10.1 Å². The minimum atomic E-state index is -3.97. The van der Waals surface area contributed by atoms with Gasteiger partial charge in [0.1, 0.15) is 0 Å². The van der Waals surface area contributed by atoms with Crippen molar-refractivity contribution in [2.75, 3.05) is 7.05 Å². The highest BCUT2D eigenvalue weighted by molar-refractivity contribution is 7.89. The molecule has 0 amide bonds. The molecule has 128 valence electrons. The lowest BCUT2D eigenvalue weighted by Gasteiger charge is -2.18. The topological polar surface area (TPSA) is 80.5 Å². The van der Waals surface area contributed by atoms with E-state index in [0.29, 0.717) is 0 Å². The Hall–Kier alpha value is -2.32. The summed E-state index contributed by atoms with van der Waals surface area (Å²) in [7, 11) is -2.60. The molecular formula is C16H17FN2O4S. The number of benzene rings is 2. The van der Waals surface area contributed by atoms with E-state index in [0.717, 1.165) is 39.2 Å². The van der Waals surface area contributed by atoms with Crippen LogP contribution in [0.3, 0.4) is 0 Å². The van der Waals surface area contributed by atoms with Gasteiger partial charge >= 0.3 is 5.69 Å². The van der Waals surface area contributed by atoms with E-state index < -0.39 is 26.5 Å². The molecule has 0 atom stereocenters. The smallest absolute Gasteiger partial charge is 0.258 e. The van der Waals surface area contributed by atoms with E-state index in [1.54, 1.807) is 0 Å². The van der Waals surface area contributed by atoms with Gasteiger partial charge < -0.3 is 0 Å². The zero-order valence-corrected chi connectivity index (χ0v) is 14.3. The quantitative estimate of drug-likeness (QED) is 0.611. The van der Waals surface area contributed by atoms with Crippen molar-refractivity contribution < 1.29 is 17.7 Å². The molecule has 0 saturated carbocycles. The Morgan fingerprint density at radius 2 is 1.83 bits per heavy atom. The molecule has 0 bridgehead atoms. The van der Waals surface area contributed by atoms with Crippen LogP contribution < -0.4 is 0 Å². The molecule has 0 saturated heterocycles. The molecule has 0 N–H and O–H groups in total. The van der Waals surface area contributed by atoms with E-state index in [1.807, 2.05) is 32.0 Å². The van der Waals surface area contributed by atoms with Crippen LogP contribution in [0.2, 0.25) is 0 Å². The molecule has 0 aliphatic rings. The number of sulfonamides is 1. The molecule has 0 aliphatic carbocycles. The first-order valence-corrected chi connectivity index (χ1v) is 8.53. The lowest BCUT2D eigenvalue weighted by Crippen LogP contribution is -2.27. The summed E-state index contributed by atoms with van der Waals surface area (Å²) in [6, 6.07) is 8.21. The molecule has 0 unspecified atom stereocenters. The van der Waals surface area contributed by atoms with Crippen LogP contribution in [0.25, 0.3) is 0 Å². The van der Waals surface area contributed by atoms with Gasteiger partial charge in [0.2, 0.25) is 15.8 Å². The molecule has 2 aromatic rings. The summed E-state index contributed by atoms with van der Waals surface area (Å²) in [6.45, 7) is 3.93. The van der Waals surface area contributed by atoms with Gasteiger partial charge in [0.25, 0.3) is 0 Å². The first-order valence-electron chi connectivity index (χ1n) is 7.09. The number of nitro benzene ring substituents is 1. The summed E-state index contributed by atoms with van der Waals surface area (Å²) in [5, 5.41) is 10.8. The summed E-state index contributed by atoms with van der Waals surface area (Å²) in [5.41, 5.74) is 1.97. The Balaban J connectivity index is 2.36. The van der Waals surface area contributed by atoms with Crippen molar-refractivity contribution in [3.8, 4) is 0 Å². The van der Waals surface area contributed by atoms with Crippen LogP contribution in [0.1, 0.15) is 16.7 Å². The van der Waals surface area contributed by atoms with E-state index in [2.05, 4.69) is 0 Å².